The van der Waals surface area contributed by atoms with Crippen LogP contribution in [0.5, 0.6) is 5.75 Å². The van der Waals surface area contributed by atoms with E-state index < -0.39 is 5.82 Å². The SMILES string of the molecule is Cc1ccc(C(=O)N2CCN(C(=O)COc3ccccc3F)CC2)cc1. The van der Waals surface area contributed by atoms with Crippen LogP contribution in [-0.4, -0.2) is 54.4 Å². The average molecular weight is 356 g/mol. The summed E-state index contributed by atoms with van der Waals surface area (Å²) in [6.07, 6.45) is 0. The quantitative estimate of drug-likeness (QED) is 0.846. The Balaban J connectivity index is 1.50. The van der Waals surface area contributed by atoms with Crippen LogP contribution < -0.4 is 4.74 Å². The maximum Gasteiger partial charge on any atom is 0.260 e. The van der Waals surface area contributed by atoms with E-state index in [0.717, 1.165) is 5.56 Å². The summed E-state index contributed by atoms with van der Waals surface area (Å²) in [5, 5.41) is 0. The van der Waals surface area contributed by atoms with Gasteiger partial charge in [-0.3, -0.25) is 9.59 Å². The van der Waals surface area contributed by atoms with Gasteiger partial charge in [0, 0.05) is 31.7 Å². The van der Waals surface area contributed by atoms with E-state index in [1.165, 1.54) is 12.1 Å². The molecule has 2 amide bonds. The first-order valence-corrected chi connectivity index (χ1v) is 8.55. The molecule has 0 radical (unpaired) electrons. The number of hydrogen-bond acceptors (Lipinski definition) is 3. The van der Waals surface area contributed by atoms with Crippen LogP contribution in [0.1, 0.15) is 15.9 Å². The van der Waals surface area contributed by atoms with Crippen LogP contribution >= 0.6 is 0 Å². The van der Waals surface area contributed by atoms with Crippen molar-refractivity contribution >= 4 is 11.8 Å². The fourth-order valence-electron chi connectivity index (χ4n) is 2.83. The van der Waals surface area contributed by atoms with Gasteiger partial charge in [0.1, 0.15) is 0 Å². The summed E-state index contributed by atoms with van der Waals surface area (Å²) in [6, 6.07) is 13.4. The van der Waals surface area contributed by atoms with Crippen LogP contribution in [0.15, 0.2) is 48.5 Å². The molecule has 1 aliphatic heterocycles. The fourth-order valence-corrected chi connectivity index (χ4v) is 2.83. The highest BCUT2D eigenvalue weighted by Crippen LogP contribution is 2.16. The Bertz CT molecular complexity index is 784. The molecule has 1 fully saturated rings. The second-order valence-electron chi connectivity index (χ2n) is 6.26. The lowest BCUT2D eigenvalue weighted by atomic mass is 10.1. The molecule has 1 heterocycles. The number of amides is 2. The van der Waals surface area contributed by atoms with Crippen molar-refractivity contribution in [1.82, 2.24) is 9.80 Å². The van der Waals surface area contributed by atoms with Crippen LogP contribution in [0.4, 0.5) is 4.39 Å². The molecule has 136 valence electrons. The molecule has 6 heteroatoms. The summed E-state index contributed by atoms with van der Waals surface area (Å²) in [5.41, 5.74) is 1.75. The average Bonchev–Trinajstić information content (AvgIpc) is 2.67. The Morgan fingerprint density at radius 1 is 0.962 bits per heavy atom. The Morgan fingerprint density at radius 2 is 1.58 bits per heavy atom. The van der Waals surface area contributed by atoms with Crippen LogP contribution in [0.3, 0.4) is 0 Å². The van der Waals surface area contributed by atoms with Crippen LogP contribution in [0, 0.1) is 12.7 Å². The molecule has 0 bridgehead atoms. The maximum atomic E-state index is 13.5. The molecule has 0 spiro atoms. The normalized spacial score (nSPS) is 14.2. The summed E-state index contributed by atoms with van der Waals surface area (Å²) in [7, 11) is 0. The Morgan fingerprint density at radius 3 is 2.23 bits per heavy atom. The second kappa shape index (κ2) is 7.99. The molecular formula is C20H21FN2O3. The van der Waals surface area contributed by atoms with Gasteiger partial charge in [0.05, 0.1) is 0 Å². The largest absolute Gasteiger partial charge is 0.481 e. The first kappa shape index (κ1) is 17.9. The molecular weight excluding hydrogens is 335 g/mol. The van der Waals surface area contributed by atoms with Crippen molar-refractivity contribution in [2.24, 2.45) is 0 Å². The lowest BCUT2D eigenvalue weighted by Crippen LogP contribution is -2.51. The highest BCUT2D eigenvalue weighted by atomic mass is 19.1. The number of nitrogens with zero attached hydrogens (tertiary/aromatic N) is 2. The first-order chi connectivity index (χ1) is 12.5. The number of para-hydroxylation sites is 1. The molecule has 0 N–H and O–H groups in total. The third-order valence-corrected chi connectivity index (χ3v) is 4.41. The minimum atomic E-state index is -0.492. The lowest BCUT2D eigenvalue weighted by molar-refractivity contribution is -0.134. The molecule has 2 aromatic carbocycles. The van der Waals surface area contributed by atoms with Crippen LogP contribution in [0.25, 0.3) is 0 Å². The van der Waals surface area contributed by atoms with Crippen LogP contribution in [-0.2, 0) is 4.79 Å². The van der Waals surface area contributed by atoms with Gasteiger partial charge in [-0.05, 0) is 31.2 Å². The predicted octanol–water partition coefficient (Wildman–Crippen LogP) is 2.50. The summed E-state index contributed by atoms with van der Waals surface area (Å²) in [4.78, 5) is 28.1. The molecule has 0 atom stereocenters. The maximum absolute atomic E-state index is 13.5. The highest BCUT2D eigenvalue weighted by Gasteiger charge is 2.25. The molecule has 1 aliphatic rings. The molecule has 0 unspecified atom stereocenters. The van der Waals surface area contributed by atoms with E-state index >= 15 is 0 Å². The van der Waals surface area contributed by atoms with Gasteiger partial charge >= 0.3 is 0 Å². The number of aryl methyl sites for hydroxylation is 1. The summed E-state index contributed by atoms with van der Waals surface area (Å²) in [5.74, 6) is -0.668. The van der Waals surface area contributed by atoms with Gasteiger partial charge in [0.2, 0.25) is 0 Å². The summed E-state index contributed by atoms with van der Waals surface area (Å²) < 4.78 is 18.8. The standard InChI is InChI=1S/C20H21FN2O3/c1-15-6-8-16(9-7-15)20(25)23-12-10-22(11-13-23)19(24)14-26-18-5-3-2-4-17(18)21/h2-9H,10-14H2,1H3. The molecule has 3 rings (SSSR count). The Hall–Kier alpha value is -2.89. The third kappa shape index (κ3) is 4.20. The molecule has 0 saturated carbocycles. The first-order valence-electron chi connectivity index (χ1n) is 8.55. The lowest BCUT2D eigenvalue weighted by Gasteiger charge is -2.34. The molecule has 2 aromatic rings. The van der Waals surface area contributed by atoms with Gasteiger partial charge in [0.25, 0.3) is 11.8 Å². The van der Waals surface area contributed by atoms with E-state index in [-0.39, 0.29) is 24.2 Å². The topological polar surface area (TPSA) is 49.9 Å². The van der Waals surface area contributed by atoms with Crippen molar-refractivity contribution in [2.75, 3.05) is 32.8 Å². The number of piperazine rings is 1. The van der Waals surface area contributed by atoms with Crippen LogP contribution in [0.2, 0.25) is 0 Å². The van der Waals surface area contributed by atoms with Gasteiger partial charge < -0.3 is 14.5 Å². The van der Waals surface area contributed by atoms with E-state index in [4.69, 9.17) is 4.74 Å². The number of carbonyl (C=O) groups is 2. The monoisotopic (exact) mass is 356 g/mol. The molecule has 0 aromatic heterocycles. The van der Waals surface area contributed by atoms with Gasteiger partial charge in [-0.15, -0.1) is 0 Å². The second-order valence-corrected chi connectivity index (χ2v) is 6.26. The number of ether oxygens (including phenoxy) is 1. The van der Waals surface area contributed by atoms with E-state index in [0.29, 0.717) is 31.7 Å². The molecule has 26 heavy (non-hydrogen) atoms. The van der Waals surface area contributed by atoms with E-state index in [2.05, 4.69) is 0 Å². The van der Waals surface area contributed by atoms with Crippen molar-refractivity contribution < 1.29 is 18.7 Å². The van der Waals surface area contributed by atoms with Crippen molar-refractivity contribution in [3.63, 3.8) is 0 Å². The molecule has 5 nitrogen and oxygen atoms in total. The number of hydrogen-bond donors (Lipinski definition) is 0. The van der Waals surface area contributed by atoms with E-state index in [1.807, 2.05) is 31.2 Å². The summed E-state index contributed by atoms with van der Waals surface area (Å²) in [6.45, 7) is 3.58. The van der Waals surface area contributed by atoms with Crippen molar-refractivity contribution in [3.05, 3.63) is 65.5 Å². The number of rotatable bonds is 4. The zero-order valence-corrected chi connectivity index (χ0v) is 14.7. The van der Waals surface area contributed by atoms with Gasteiger partial charge in [-0.2, -0.15) is 0 Å². The molecule has 1 saturated heterocycles. The van der Waals surface area contributed by atoms with Gasteiger partial charge in [-0.25, -0.2) is 4.39 Å². The van der Waals surface area contributed by atoms with Crippen molar-refractivity contribution in [3.8, 4) is 5.75 Å². The van der Waals surface area contributed by atoms with Gasteiger partial charge in [0.15, 0.2) is 18.2 Å². The fraction of sp³-hybridized carbons (Fsp3) is 0.300. The Labute approximate surface area is 152 Å². The van der Waals surface area contributed by atoms with E-state index in [9.17, 15) is 14.0 Å². The van der Waals surface area contributed by atoms with Crippen molar-refractivity contribution in [1.29, 1.82) is 0 Å². The van der Waals surface area contributed by atoms with Gasteiger partial charge in [-0.1, -0.05) is 29.8 Å². The highest BCUT2D eigenvalue weighted by molar-refractivity contribution is 5.94. The Kier molecular flexibility index (Phi) is 5.51. The minimum Gasteiger partial charge on any atom is -0.481 e. The summed E-state index contributed by atoms with van der Waals surface area (Å²) >= 11 is 0. The number of carbonyl (C=O) groups excluding carboxylic acids is 2. The minimum absolute atomic E-state index is 0.0281. The molecule has 0 aliphatic carbocycles. The third-order valence-electron chi connectivity index (χ3n) is 4.41. The zero-order chi connectivity index (χ0) is 18.5. The smallest absolute Gasteiger partial charge is 0.260 e. The van der Waals surface area contributed by atoms with Crippen molar-refractivity contribution in [2.45, 2.75) is 6.92 Å². The zero-order valence-electron chi connectivity index (χ0n) is 14.7. The van der Waals surface area contributed by atoms with E-state index in [1.54, 1.807) is 21.9 Å². The predicted molar refractivity (Wildman–Crippen MR) is 95.6 cm³/mol. The number of benzene rings is 2. The number of halogens is 1.